The van der Waals surface area contributed by atoms with E-state index in [9.17, 15) is 4.79 Å². The molecule has 0 bridgehead atoms. The second-order valence-electron chi connectivity index (χ2n) is 4.20. The first-order valence-electron chi connectivity index (χ1n) is 5.83. The van der Waals surface area contributed by atoms with Crippen molar-refractivity contribution in [3.05, 3.63) is 28.2 Å². The second-order valence-corrected chi connectivity index (χ2v) is 5.02. The second kappa shape index (κ2) is 9.66. The predicted octanol–water partition coefficient (Wildman–Crippen LogP) is 2.68. The van der Waals surface area contributed by atoms with Gasteiger partial charge in [-0.1, -0.05) is 23.2 Å². The number of carbonyl (C=O) groups excluding carboxylic acids is 1. The molecule has 1 heterocycles. The number of rotatable bonds is 3. The zero-order chi connectivity index (χ0) is 13.0. The van der Waals surface area contributed by atoms with Gasteiger partial charge in [0.2, 0.25) is 5.91 Å². The number of anilines is 1. The molecule has 0 unspecified atom stereocenters. The van der Waals surface area contributed by atoms with Crippen LogP contribution >= 0.6 is 48.0 Å². The Morgan fingerprint density at radius 3 is 2.45 bits per heavy atom. The van der Waals surface area contributed by atoms with Crippen LogP contribution < -0.4 is 10.6 Å². The van der Waals surface area contributed by atoms with Crippen molar-refractivity contribution < 1.29 is 4.79 Å². The van der Waals surface area contributed by atoms with Crippen molar-refractivity contribution in [2.45, 2.75) is 0 Å². The van der Waals surface area contributed by atoms with Crippen molar-refractivity contribution in [2.24, 2.45) is 0 Å². The van der Waals surface area contributed by atoms with Gasteiger partial charge in [-0.25, -0.2) is 0 Å². The standard InChI is InChI=1S/C12H15Cl2N3O.2ClH/c13-10-2-1-9(7-11(10)14)16-12(18)8-17-5-3-15-4-6-17;;/h1-2,7,15H,3-6,8H2,(H,16,18);2*1H. The zero-order valence-electron chi connectivity index (χ0n) is 10.7. The highest BCUT2D eigenvalue weighted by Gasteiger charge is 2.13. The quantitative estimate of drug-likeness (QED) is 0.870. The van der Waals surface area contributed by atoms with Gasteiger partial charge < -0.3 is 10.6 Å². The van der Waals surface area contributed by atoms with Gasteiger partial charge in [-0.3, -0.25) is 9.69 Å². The van der Waals surface area contributed by atoms with Crippen LogP contribution in [-0.4, -0.2) is 43.5 Å². The smallest absolute Gasteiger partial charge is 0.238 e. The Hall–Kier alpha value is -0.230. The van der Waals surface area contributed by atoms with Gasteiger partial charge in [-0.05, 0) is 18.2 Å². The minimum atomic E-state index is -0.0321. The Balaban J connectivity index is 0.00000180. The van der Waals surface area contributed by atoms with E-state index in [1.165, 1.54) is 0 Å². The largest absolute Gasteiger partial charge is 0.325 e. The normalized spacial score (nSPS) is 14.9. The number of nitrogens with zero attached hydrogens (tertiary/aromatic N) is 1. The van der Waals surface area contributed by atoms with Crippen LogP contribution in [0, 0.1) is 0 Å². The Kier molecular flexibility index (Phi) is 9.55. The monoisotopic (exact) mass is 359 g/mol. The van der Waals surface area contributed by atoms with E-state index in [-0.39, 0.29) is 30.7 Å². The molecule has 1 aromatic rings. The van der Waals surface area contributed by atoms with Gasteiger partial charge in [0.25, 0.3) is 0 Å². The highest BCUT2D eigenvalue weighted by atomic mass is 35.5. The predicted molar refractivity (Wildman–Crippen MR) is 88.9 cm³/mol. The highest BCUT2D eigenvalue weighted by molar-refractivity contribution is 6.42. The van der Waals surface area contributed by atoms with Crippen molar-refractivity contribution in [1.29, 1.82) is 0 Å². The van der Waals surface area contributed by atoms with E-state index in [0.29, 0.717) is 22.3 Å². The molecule has 0 aromatic heterocycles. The molecule has 1 aliphatic rings. The molecule has 1 saturated heterocycles. The lowest BCUT2D eigenvalue weighted by Gasteiger charge is -2.26. The van der Waals surface area contributed by atoms with E-state index in [1.54, 1.807) is 18.2 Å². The van der Waals surface area contributed by atoms with Crippen LogP contribution in [0.3, 0.4) is 0 Å². The van der Waals surface area contributed by atoms with Crippen molar-refractivity contribution in [3.8, 4) is 0 Å². The summed E-state index contributed by atoms with van der Waals surface area (Å²) in [5.74, 6) is -0.0321. The van der Waals surface area contributed by atoms with Crippen molar-refractivity contribution in [3.63, 3.8) is 0 Å². The first-order chi connectivity index (χ1) is 8.65. The molecule has 2 rings (SSSR count). The van der Waals surface area contributed by atoms with E-state index in [0.717, 1.165) is 26.2 Å². The maximum absolute atomic E-state index is 11.8. The molecule has 8 heteroatoms. The molecule has 2 N–H and O–H groups in total. The average molecular weight is 361 g/mol. The lowest BCUT2D eigenvalue weighted by atomic mass is 10.3. The number of carbonyl (C=O) groups is 1. The summed E-state index contributed by atoms with van der Waals surface area (Å²) in [5.41, 5.74) is 0.671. The van der Waals surface area contributed by atoms with Crippen LogP contribution in [0.1, 0.15) is 0 Å². The van der Waals surface area contributed by atoms with Crippen LogP contribution in [0.5, 0.6) is 0 Å². The van der Waals surface area contributed by atoms with Gasteiger partial charge in [0, 0.05) is 31.9 Å². The Morgan fingerprint density at radius 2 is 1.85 bits per heavy atom. The molecule has 0 saturated carbocycles. The molecule has 4 nitrogen and oxygen atoms in total. The van der Waals surface area contributed by atoms with Gasteiger partial charge in [0.05, 0.1) is 16.6 Å². The van der Waals surface area contributed by atoms with Gasteiger partial charge in [-0.15, -0.1) is 24.8 Å². The fourth-order valence-electron chi connectivity index (χ4n) is 1.85. The number of halogens is 4. The SMILES string of the molecule is Cl.Cl.O=C(CN1CCNCC1)Nc1ccc(Cl)c(Cl)c1. The summed E-state index contributed by atoms with van der Waals surface area (Å²) >= 11 is 11.7. The summed E-state index contributed by atoms with van der Waals surface area (Å²) < 4.78 is 0. The molecular weight excluding hydrogens is 344 g/mol. The number of benzene rings is 1. The van der Waals surface area contributed by atoms with Crippen molar-refractivity contribution in [1.82, 2.24) is 10.2 Å². The maximum atomic E-state index is 11.8. The number of nitrogens with one attached hydrogen (secondary N) is 2. The third-order valence-electron chi connectivity index (χ3n) is 2.78. The number of hydrogen-bond donors (Lipinski definition) is 2. The number of hydrogen-bond acceptors (Lipinski definition) is 3. The van der Waals surface area contributed by atoms with Crippen LogP contribution in [0.2, 0.25) is 10.0 Å². The van der Waals surface area contributed by atoms with Gasteiger partial charge >= 0.3 is 0 Å². The lowest BCUT2D eigenvalue weighted by molar-refractivity contribution is -0.117. The maximum Gasteiger partial charge on any atom is 0.238 e. The van der Waals surface area contributed by atoms with Crippen LogP contribution in [0.15, 0.2) is 18.2 Å². The highest BCUT2D eigenvalue weighted by Crippen LogP contribution is 2.24. The molecule has 114 valence electrons. The van der Waals surface area contributed by atoms with E-state index < -0.39 is 0 Å². The fraction of sp³-hybridized carbons (Fsp3) is 0.417. The molecule has 1 amide bonds. The Morgan fingerprint density at radius 1 is 1.20 bits per heavy atom. The molecule has 0 spiro atoms. The molecule has 0 aliphatic carbocycles. The minimum absolute atomic E-state index is 0. The first-order valence-corrected chi connectivity index (χ1v) is 6.59. The fourth-order valence-corrected chi connectivity index (χ4v) is 2.14. The summed E-state index contributed by atoms with van der Waals surface area (Å²) in [6.45, 7) is 4.06. The summed E-state index contributed by atoms with van der Waals surface area (Å²) in [6, 6.07) is 5.06. The third-order valence-corrected chi connectivity index (χ3v) is 3.52. The third kappa shape index (κ3) is 6.04. The van der Waals surface area contributed by atoms with E-state index in [1.807, 2.05) is 0 Å². The van der Waals surface area contributed by atoms with Gasteiger partial charge in [0.1, 0.15) is 0 Å². The minimum Gasteiger partial charge on any atom is -0.325 e. The van der Waals surface area contributed by atoms with E-state index in [2.05, 4.69) is 15.5 Å². The molecule has 0 atom stereocenters. The van der Waals surface area contributed by atoms with Gasteiger partial charge in [0.15, 0.2) is 0 Å². The van der Waals surface area contributed by atoms with Crippen LogP contribution in [0.4, 0.5) is 5.69 Å². The van der Waals surface area contributed by atoms with Crippen LogP contribution in [0.25, 0.3) is 0 Å². The molecular formula is C12H17Cl4N3O. The average Bonchev–Trinajstić information content (AvgIpc) is 2.35. The molecule has 1 aliphatic heterocycles. The van der Waals surface area contributed by atoms with Gasteiger partial charge in [-0.2, -0.15) is 0 Å². The molecule has 1 fully saturated rings. The molecule has 20 heavy (non-hydrogen) atoms. The summed E-state index contributed by atoms with van der Waals surface area (Å²) in [4.78, 5) is 13.9. The van der Waals surface area contributed by atoms with Crippen molar-refractivity contribution >= 4 is 59.6 Å². The first kappa shape index (κ1) is 19.8. The van der Waals surface area contributed by atoms with Crippen LogP contribution in [-0.2, 0) is 4.79 Å². The summed E-state index contributed by atoms with van der Waals surface area (Å²) in [7, 11) is 0. The summed E-state index contributed by atoms with van der Waals surface area (Å²) in [5, 5.41) is 6.98. The Bertz CT molecular complexity index is 439. The Labute approximate surface area is 141 Å². The molecule has 1 aromatic carbocycles. The van der Waals surface area contributed by atoms with E-state index in [4.69, 9.17) is 23.2 Å². The summed E-state index contributed by atoms with van der Waals surface area (Å²) in [6.07, 6.45) is 0. The lowest BCUT2D eigenvalue weighted by Crippen LogP contribution is -2.46. The van der Waals surface area contributed by atoms with Crippen molar-refractivity contribution in [2.75, 3.05) is 38.0 Å². The topological polar surface area (TPSA) is 44.4 Å². The van der Waals surface area contributed by atoms with E-state index >= 15 is 0 Å². The number of amides is 1. The zero-order valence-corrected chi connectivity index (χ0v) is 13.8. The molecule has 0 radical (unpaired) electrons. The number of piperazine rings is 1.